The van der Waals surface area contributed by atoms with Crippen LogP contribution >= 0.6 is 0 Å². The Morgan fingerprint density at radius 1 is 0.525 bits per heavy atom. The molecule has 9 amide bonds. The van der Waals surface area contributed by atoms with Crippen molar-refractivity contribution in [2.45, 2.75) is 123 Å². The van der Waals surface area contributed by atoms with E-state index in [1.165, 1.54) is 0 Å². The zero-order chi connectivity index (χ0) is 47.0. The molecule has 346 valence electrons. The van der Waals surface area contributed by atoms with Gasteiger partial charge in [0.15, 0.2) is 0 Å². The largest absolute Gasteiger partial charge is 0.481 e. The van der Waals surface area contributed by atoms with Crippen molar-refractivity contribution < 1.29 is 63.0 Å². The molecule has 0 saturated carbocycles. The van der Waals surface area contributed by atoms with Gasteiger partial charge in [-0.25, -0.2) is 4.79 Å². The Morgan fingerprint density at radius 2 is 1.00 bits per heavy atom. The first-order valence-corrected chi connectivity index (χ1v) is 19.9. The molecule has 0 aliphatic rings. The first kappa shape index (κ1) is 55.1. The van der Waals surface area contributed by atoms with Crippen molar-refractivity contribution in [3.63, 3.8) is 0 Å². The predicted molar refractivity (Wildman–Crippen MR) is 217 cm³/mol. The molecule has 0 rings (SSSR count). The number of carboxylic acids is 2. The maximum atomic E-state index is 13.6. The van der Waals surface area contributed by atoms with Gasteiger partial charge in [-0.05, 0) is 56.4 Å². The number of unbranched alkanes of at least 4 members (excludes halogenated alkanes) is 1. The van der Waals surface area contributed by atoms with Crippen LogP contribution in [0.25, 0.3) is 0 Å². The van der Waals surface area contributed by atoms with Gasteiger partial charge in [0.1, 0.15) is 30.2 Å². The van der Waals surface area contributed by atoms with Gasteiger partial charge in [-0.15, -0.1) is 0 Å². The SMILES string of the molecule is CC(C)C[C@H](NC(=O)CNC(=O)CNC(=O)[C@H](CC(C)C)NC(=O)[C@@H](N)CC(=O)O)C(=O)N[C@H](C(=O)N[C@@H](CCCCN)C(=O)NCC(=O)N[C@@H](CC(N)=O)C(=O)O)C(C)C. The molecule has 0 fully saturated rings. The number of hydrogen-bond donors (Lipinski definition) is 13. The summed E-state index contributed by atoms with van der Waals surface area (Å²) in [6.45, 7) is 8.73. The van der Waals surface area contributed by atoms with E-state index in [-0.39, 0.29) is 37.6 Å². The molecule has 61 heavy (non-hydrogen) atoms. The van der Waals surface area contributed by atoms with Gasteiger partial charge >= 0.3 is 11.9 Å². The fourth-order valence-corrected chi connectivity index (χ4v) is 5.49. The van der Waals surface area contributed by atoms with E-state index in [9.17, 15) is 57.8 Å². The third-order valence-corrected chi connectivity index (χ3v) is 8.59. The second-order valence-corrected chi connectivity index (χ2v) is 15.6. The molecular formula is C37H65N11O13. The van der Waals surface area contributed by atoms with E-state index in [1.54, 1.807) is 41.5 Å². The van der Waals surface area contributed by atoms with Crippen molar-refractivity contribution in [3.8, 4) is 0 Å². The summed E-state index contributed by atoms with van der Waals surface area (Å²) in [5.74, 6) is -11.0. The summed E-state index contributed by atoms with van der Waals surface area (Å²) in [6, 6.07) is -7.79. The normalized spacial score (nSPS) is 14.0. The van der Waals surface area contributed by atoms with Crippen LogP contribution in [0.3, 0.4) is 0 Å². The third-order valence-electron chi connectivity index (χ3n) is 8.59. The van der Waals surface area contributed by atoms with Gasteiger partial charge in [0, 0.05) is 0 Å². The van der Waals surface area contributed by atoms with Crippen molar-refractivity contribution in [1.29, 1.82) is 0 Å². The van der Waals surface area contributed by atoms with Gasteiger partial charge in [-0.3, -0.25) is 47.9 Å². The van der Waals surface area contributed by atoms with E-state index >= 15 is 0 Å². The fourth-order valence-electron chi connectivity index (χ4n) is 5.49. The molecule has 0 aliphatic carbocycles. The lowest BCUT2D eigenvalue weighted by atomic mass is 9.99. The number of rotatable bonds is 30. The highest BCUT2D eigenvalue weighted by atomic mass is 16.4. The van der Waals surface area contributed by atoms with Crippen LogP contribution < -0.4 is 59.7 Å². The number of primary amides is 1. The van der Waals surface area contributed by atoms with Gasteiger partial charge in [0.2, 0.25) is 53.2 Å². The third kappa shape index (κ3) is 24.1. The van der Waals surface area contributed by atoms with E-state index in [1.807, 2.05) is 0 Å². The van der Waals surface area contributed by atoms with Crippen LogP contribution in [0.4, 0.5) is 0 Å². The summed E-state index contributed by atoms with van der Waals surface area (Å²) in [5.41, 5.74) is 16.2. The number of carboxylic acid groups (broad SMARTS) is 2. The van der Waals surface area contributed by atoms with E-state index in [0.29, 0.717) is 12.8 Å². The molecule has 0 saturated heterocycles. The zero-order valence-corrected chi connectivity index (χ0v) is 35.6. The molecule has 16 N–H and O–H groups in total. The number of hydrogen-bond acceptors (Lipinski definition) is 13. The van der Waals surface area contributed by atoms with Gasteiger partial charge in [-0.1, -0.05) is 41.5 Å². The number of amides is 9. The highest BCUT2D eigenvalue weighted by Gasteiger charge is 2.32. The molecule has 0 aromatic carbocycles. The van der Waals surface area contributed by atoms with Gasteiger partial charge < -0.3 is 69.9 Å². The van der Waals surface area contributed by atoms with Crippen molar-refractivity contribution >= 4 is 65.1 Å². The van der Waals surface area contributed by atoms with Crippen molar-refractivity contribution in [2.24, 2.45) is 35.0 Å². The monoisotopic (exact) mass is 871 g/mol. The summed E-state index contributed by atoms with van der Waals surface area (Å²) >= 11 is 0. The number of nitrogens with two attached hydrogens (primary N) is 3. The zero-order valence-electron chi connectivity index (χ0n) is 35.6. The minimum absolute atomic E-state index is 0.0778. The van der Waals surface area contributed by atoms with Crippen molar-refractivity contribution in [1.82, 2.24) is 42.5 Å². The summed E-state index contributed by atoms with van der Waals surface area (Å²) < 4.78 is 0. The van der Waals surface area contributed by atoms with E-state index in [4.69, 9.17) is 22.3 Å². The quantitative estimate of drug-likeness (QED) is 0.0302. The molecule has 0 bridgehead atoms. The summed E-state index contributed by atoms with van der Waals surface area (Å²) in [7, 11) is 0. The van der Waals surface area contributed by atoms with E-state index in [0.717, 1.165) is 0 Å². The topological polar surface area (TPSA) is 403 Å². The van der Waals surface area contributed by atoms with Crippen molar-refractivity contribution in [3.05, 3.63) is 0 Å². The molecule has 24 heteroatoms. The molecule has 0 heterocycles. The molecule has 0 spiro atoms. The molecule has 0 aromatic rings. The minimum atomic E-state index is -1.63. The number of carbonyl (C=O) groups excluding carboxylic acids is 9. The number of nitrogens with one attached hydrogen (secondary N) is 8. The first-order valence-electron chi connectivity index (χ1n) is 19.9. The molecule has 0 aromatic heterocycles. The molecule has 0 aliphatic heterocycles. The standard InChI is InChI=1S/C37H65N11O13/c1-18(2)11-23(47-32(55)21(39)13-30(53)54)34(57)42-15-27(50)41-16-28(51)44-24(12-19(3)4)35(58)48-31(20(5)6)36(59)46-22(9-7-8-10-38)33(56)43-17-29(52)45-25(37(60)61)14-26(40)49/h18-25,31H,7-17,38-39H2,1-6H3,(H2,40,49)(H,41,50)(H,42,57)(H,43,56)(H,44,51)(H,45,52)(H,46,59)(H,47,55)(H,48,58)(H,53,54)(H,60,61)/t21-,22-,23-,24-,25-,31-/m0/s1. The lowest BCUT2D eigenvalue weighted by molar-refractivity contribution is -0.143. The van der Waals surface area contributed by atoms with Crippen LogP contribution in [0.5, 0.6) is 0 Å². The Balaban J connectivity index is 5.61. The minimum Gasteiger partial charge on any atom is -0.481 e. The summed E-state index contributed by atoms with van der Waals surface area (Å²) in [5, 5.41) is 37.3. The lowest BCUT2D eigenvalue weighted by Crippen LogP contribution is -2.59. The highest BCUT2D eigenvalue weighted by molar-refractivity contribution is 5.97. The average Bonchev–Trinajstić information content (AvgIpc) is 3.14. The highest BCUT2D eigenvalue weighted by Crippen LogP contribution is 2.10. The Kier molecular flexibility index (Phi) is 25.8. The molecule has 0 radical (unpaired) electrons. The smallest absolute Gasteiger partial charge is 0.326 e. The molecular weight excluding hydrogens is 806 g/mol. The summed E-state index contributed by atoms with van der Waals surface area (Å²) in [6.07, 6.45) is -0.150. The van der Waals surface area contributed by atoms with Crippen LogP contribution in [0.15, 0.2) is 0 Å². The second kappa shape index (κ2) is 28.5. The van der Waals surface area contributed by atoms with Crippen molar-refractivity contribution in [2.75, 3.05) is 26.2 Å². The Hall–Kier alpha value is -5.91. The maximum Gasteiger partial charge on any atom is 0.326 e. The average molecular weight is 872 g/mol. The fraction of sp³-hybridized carbons (Fsp3) is 0.703. The Labute approximate surface area is 354 Å². The second-order valence-electron chi connectivity index (χ2n) is 15.6. The van der Waals surface area contributed by atoms with E-state index in [2.05, 4.69) is 42.5 Å². The van der Waals surface area contributed by atoms with E-state index < -0.39 is 140 Å². The van der Waals surface area contributed by atoms with Crippen LogP contribution in [-0.4, -0.2) is 138 Å². The van der Waals surface area contributed by atoms with Gasteiger partial charge in [0.05, 0.1) is 38.5 Å². The molecule has 6 atom stereocenters. The molecule has 0 unspecified atom stereocenters. The van der Waals surface area contributed by atoms with Crippen LogP contribution in [0.2, 0.25) is 0 Å². The van der Waals surface area contributed by atoms with Gasteiger partial charge in [-0.2, -0.15) is 0 Å². The summed E-state index contributed by atoms with van der Waals surface area (Å²) in [4.78, 5) is 137. The van der Waals surface area contributed by atoms with Gasteiger partial charge in [0.25, 0.3) is 0 Å². The van der Waals surface area contributed by atoms with Crippen LogP contribution in [-0.2, 0) is 52.7 Å². The van der Waals surface area contributed by atoms with Crippen LogP contribution in [0, 0.1) is 17.8 Å². The lowest BCUT2D eigenvalue weighted by Gasteiger charge is -2.28. The predicted octanol–water partition coefficient (Wildman–Crippen LogP) is -4.60. The Bertz CT molecular complexity index is 1560. The van der Waals surface area contributed by atoms with Crippen LogP contribution in [0.1, 0.15) is 86.5 Å². The number of aliphatic carboxylic acids is 2. The first-order chi connectivity index (χ1) is 28.4. The molecule has 24 nitrogen and oxygen atoms in total. The maximum absolute atomic E-state index is 13.6. The Morgan fingerprint density at radius 3 is 1.48 bits per heavy atom. The number of carbonyl (C=O) groups is 11.